The molecule has 1 aliphatic heterocycles. The van der Waals surface area contributed by atoms with E-state index in [-0.39, 0.29) is 6.61 Å². The number of aliphatic hydroxyl groups excluding tert-OH is 1. The Morgan fingerprint density at radius 1 is 1.36 bits per heavy atom. The summed E-state index contributed by atoms with van der Waals surface area (Å²) in [5.74, 6) is 1.74. The molecule has 1 atom stereocenters. The van der Waals surface area contributed by atoms with Gasteiger partial charge in [0.2, 0.25) is 0 Å². The van der Waals surface area contributed by atoms with Gasteiger partial charge in [0.25, 0.3) is 0 Å². The normalized spacial score (nSPS) is 18.7. The number of nitrogens with zero attached hydrogens (tertiary/aromatic N) is 3. The van der Waals surface area contributed by atoms with Crippen LogP contribution in [0, 0.1) is 0 Å². The summed E-state index contributed by atoms with van der Waals surface area (Å²) < 4.78 is 2.06. The van der Waals surface area contributed by atoms with Crippen LogP contribution < -0.4 is 5.73 Å². The molecule has 0 amide bonds. The molecule has 0 aromatic carbocycles. The molecule has 14 heavy (non-hydrogen) atoms. The minimum Gasteiger partial charge on any atom is -0.394 e. The second-order valence-corrected chi connectivity index (χ2v) is 3.73. The quantitative estimate of drug-likeness (QED) is 0.697. The van der Waals surface area contributed by atoms with Crippen LogP contribution in [0.4, 0.5) is 0 Å². The van der Waals surface area contributed by atoms with Crippen molar-refractivity contribution in [3.8, 4) is 0 Å². The Morgan fingerprint density at radius 2 is 2.21 bits per heavy atom. The van der Waals surface area contributed by atoms with E-state index in [1.807, 2.05) is 0 Å². The van der Waals surface area contributed by atoms with Crippen LogP contribution in [0.25, 0.3) is 0 Å². The van der Waals surface area contributed by atoms with Crippen molar-refractivity contribution < 1.29 is 5.11 Å². The number of aliphatic hydroxyl groups is 1. The van der Waals surface area contributed by atoms with E-state index in [0.29, 0.717) is 0 Å². The SMILES string of the molecule is NC(CO)c1nnc2n1CCCCC2. The van der Waals surface area contributed by atoms with Gasteiger partial charge in [0.15, 0.2) is 5.82 Å². The first-order valence-corrected chi connectivity index (χ1v) is 5.11. The van der Waals surface area contributed by atoms with E-state index >= 15 is 0 Å². The lowest BCUT2D eigenvalue weighted by Gasteiger charge is -2.10. The van der Waals surface area contributed by atoms with Crippen LogP contribution in [0.2, 0.25) is 0 Å². The number of hydrogen-bond donors (Lipinski definition) is 2. The maximum atomic E-state index is 8.97. The van der Waals surface area contributed by atoms with Gasteiger partial charge < -0.3 is 15.4 Å². The summed E-state index contributed by atoms with van der Waals surface area (Å²) in [6, 6.07) is -0.394. The molecule has 1 unspecified atom stereocenters. The fourth-order valence-electron chi connectivity index (χ4n) is 1.86. The van der Waals surface area contributed by atoms with Crippen molar-refractivity contribution in [2.75, 3.05) is 6.61 Å². The molecule has 5 heteroatoms. The minimum atomic E-state index is -0.394. The van der Waals surface area contributed by atoms with Gasteiger partial charge in [0.1, 0.15) is 5.82 Å². The molecule has 5 nitrogen and oxygen atoms in total. The highest BCUT2D eigenvalue weighted by Crippen LogP contribution is 2.17. The van der Waals surface area contributed by atoms with Gasteiger partial charge in [-0.3, -0.25) is 0 Å². The van der Waals surface area contributed by atoms with Gasteiger partial charge in [-0.25, -0.2) is 0 Å². The summed E-state index contributed by atoms with van der Waals surface area (Å²) >= 11 is 0. The first-order chi connectivity index (χ1) is 6.83. The molecule has 1 aromatic rings. The zero-order valence-electron chi connectivity index (χ0n) is 8.19. The molecule has 2 heterocycles. The summed E-state index contributed by atoms with van der Waals surface area (Å²) in [6.45, 7) is 0.865. The van der Waals surface area contributed by atoms with Crippen molar-refractivity contribution in [2.24, 2.45) is 5.73 Å². The van der Waals surface area contributed by atoms with Gasteiger partial charge in [-0.05, 0) is 12.8 Å². The molecule has 1 aliphatic rings. The molecule has 1 aromatic heterocycles. The molecular weight excluding hydrogens is 180 g/mol. The van der Waals surface area contributed by atoms with E-state index in [2.05, 4.69) is 14.8 Å². The number of aryl methyl sites for hydroxylation is 1. The predicted octanol–water partition coefficient (Wildman–Crippen LogP) is -0.00340. The lowest BCUT2D eigenvalue weighted by atomic mass is 10.2. The summed E-state index contributed by atoms with van der Waals surface area (Å²) in [5, 5.41) is 17.1. The standard InChI is InChI=1S/C9H16N4O/c10-7(6-14)9-12-11-8-4-2-1-3-5-13(8)9/h7,14H,1-6,10H2. The van der Waals surface area contributed by atoms with E-state index < -0.39 is 6.04 Å². The number of aromatic nitrogens is 3. The maximum Gasteiger partial charge on any atom is 0.152 e. The van der Waals surface area contributed by atoms with Gasteiger partial charge in [-0.15, -0.1) is 10.2 Å². The first-order valence-electron chi connectivity index (χ1n) is 5.11. The third kappa shape index (κ3) is 1.65. The van der Waals surface area contributed by atoms with Crippen LogP contribution in [0.1, 0.15) is 37.0 Å². The smallest absolute Gasteiger partial charge is 0.152 e. The van der Waals surface area contributed by atoms with Gasteiger partial charge in [0, 0.05) is 13.0 Å². The largest absolute Gasteiger partial charge is 0.394 e. The van der Waals surface area contributed by atoms with Crippen LogP contribution in [-0.2, 0) is 13.0 Å². The Balaban J connectivity index is 2.29. The molecule has 0 aliphatic carbocycles. The predicted molar refractivity (Wildman–Crippen MR) is 51.6 cm³/mol. The van der Waals surface area contributed by atoms with Gasteiger partial charge in [-0.1, -0.05) is 6.42 Å². The highest BCUT2D eigenvalue weighted by molar-refractivity contribution is 5.02. The molecular formula is C9H16N4O. The van der Waals surface area contributed by atoms with Crippen LogP contribution in [-0.4, -0.2) is 26.5 Å². The Hall–Kier alpha value is -0.940. The lowest BCUT2D eigenvalue weighted by Crippen LogP contribution is -2.20. The Morgan fingerprint density at radius 3 is 3.00 bits per heavy atom. The van der Waals surface area contributed by atoms with Crippen molar-refractivity contribution in [1.82, 2.24) is 14.8 Å². The molecule has 0 fully saturated rings. The topological polar surface area (TPSA) is 77.0 Å². The minimum absolute atomic E-state index is 0.0713. The highest BCUT2D eigenvalue weighted by Gasteiger charge is 2.18. The van der Waals surface area contributed by atoms with E-state index in [0.717, 1.165) is 31.0 Å². The highest BCUT2D eigenvalue weighted by atomic mass is 16.3. The van der Waals surface area contributed by atoms with Crippen molar-refractivity contribution in [3.63, 3.8) is 0 Å². The molecule has 0 saturated carbocycles. The number of fused-ring (bicyclic) bond motifs is 1. The number of nitrogens with two attached hydrogens (primary N) is 1. The number of hydrogen-bond acceptors (Lipinski definition) is 4. The molecule has 0 saturated heterocycles. The summed E-state index contributed by atoms with van der Waals surface area (Å²) in [7, 11) is 0. The zero-order chi connectivity index (χ0) is 9.97. The molecule has 0 bridgehead atoms. The van der Waals surface area contributed by atoms with Crippen LogP contribution >= 0.6 is 0 Å². The van der Waals surface area contributed by atoms with Crippen LogP contribution in [0.3, 0.4) is 0 Å². The van der Waals surface area contributed by atoms with Gasteiger partial charge >= 0.3 is 0 Å². The Labute approximate surface area is 82.9 Å². The maximum absolute atomic E-state index is 8.97. The molecule has 0 radical (unpaired) electrons. The van der Waals surface area contributed by atoms with E-state index in [4.69, 9.17) is 10.8 Å². The van der Waals surface area contributed by atoms with Crippen molar-refractivity contribution in [2.45, 2.75) is 38.3 Å². The second-order valence-electron chi connectivity index (χ2n) is 3.73. The Bertz CT molecular complexity index is 310. The van der Waals surface area contributed by atoms with E-state index in [1.165, 1.54) is 12.8 Å². The van der Waals surface area contributed by atoms with Crippen molar-refractivity contribution >= 4 is 0 Å². The van der Waals surface area contributed by atoms with Crippen molar-refractivity contribution in [1.29, 1.82) is 0 Å². The molecule has 0 spiro atoms. The first kappa shape index (κ1) is 9.61. The molecule has 3 N–H and O–H groups in total. The third-order valence-electron chi connectivity index (χ3n) is 2.67. The van der Waals surface area contributed by atoms with Gasteiger partial charge in [0.05, 0.1) is 12.6 Å². The number of rotatable bonds is 2. The average molecular weight is 196 g/mol. The average Bonchev–Trinajstić information content (AvgIpc) is 2.46. The van der Waals surface area contributed by atoms with E-state index in [1.54, 1.807) is 0 Å². The fraction of sp³-hybridized carbons (Fsp3) is 0.778. The van der Waals surface area contributed by atoms with Crippen LogP contribution in [0.5, 0.6) is 0 Å². The zero-order valence-corrected chi connectivity index (χ0v) is 8.19. The summed E-state index contributed by atoms with van der Waals surface area (Å²) in [4.78, 5) is 0. The van der Waals surface area contributed by atoms with E-state index in [9.17, 15) is 0 Å². The molecule has 78 valence electrons. The fourth-order valence-corrected chi connectivity index (χ4v) is 1.86. The summed E-state index contributed by atoms with van der Waals surface area (Å²) in [6.07, 6.45) is 4.53. The van der Waals surface area contributed by atoms with Crippen molar-refractivity contribution in [3.05, 3.63) is 11.6 Å². The Kier molecular flexibility index (Phi) is 2.79. The molecule has 2 rings (SSSR count). The second kappa shape index (κ2) is 4.06. The monoisotopic (exact) mass is 196 g/mol. The lowest BCUT2D eigenvalue weighted by molar-refractivity contribution is 0.260. The summed E-state index contributed by atoms with van der Waals surface area (Å²) in [5.41, 5.74) is 5.74. The van der Waals surface area contributed by atoms with Gasteiger partial charge in [-0.2, -0.15) is 0 Å². The van der Waals surface area contributed by atoms with Crippen LogP contribution in [0.15, 0.2) is 0 Å². The third-order valence-corrected chi connectivity index (χ3v) is 2.67.